The number of methoxy groups -OCH3 is 2. The molecule has 1 aliphatic carbocycles. The second kappa shape index (κ2) is 5.48. The van der Waals surface area contributed by atoms with E-state index in [2.05, 4.69) is 5.32 Å². The highest BCUT2D eigenvalue weighted by Gasteiger charge is 2.38. The van der Waals surface area contributed by atoms with Crippen molar-refractivity contribution in [2.75, 3.05) is 25.3 Å². The van der Waals surface area contributed by atoms with Gasteiger partial charge in [0.05, 0.1) is 24.8 Å². The zero-order valence-electron chi connectivity index (χ0n) is 11.4. The van der Waals surface area contributed by atoms with Crippen molar-refractivity contribution in [1.82, 2.24) is 0 Å². The van der Waals surface area contributed by atoms with E-state index in [1.54, 1.807) is 32.4 Å². The minimum absolute atomic E-state index is 0.0478. The van der Waals surface area contributed by atoms with Crippen molar-refractivity contribution in [3.8, 4) is 5.75 Å². The van der Waals surface area contributed by atoms with Crippen LogP contribution in [0.2, 0.25) is 0 Å². The second-order valence-corrected chi connectivity index (χ2v) is 4.92. The Bertz CT molecular complexity index is 464. The summed E-state index contributed by atoms with van der Waals surface area (Å²) < 4.78 is 10.6. The van der Waals surface area contributed by atoms with E-state index in [4.69, 9.17) is 15.2 Å². The van der Waals surface area contributed by atoms with Crippen LogP contribution in [-0.2, 0) is 9.53 Å². The topological polar surface area (TPSA) is 73.6 Å². The summed E-state index contributed by atoms with van der Waals surface area (Å²) in [6, 6.07) is 5.19. The number of nitrogen functional groups attached to an aromatic ring is 1. The lowest BCUT2D eigenvalue weighted by molar-refractivity contribution is -0.129. The summed E-state index contributed by atoms with van der Waals surface area (Å²) in [6.07, 6.45) is 3.40. The lowest BCUT2D eigenvalue weighted by Crippen LogP contribution is -2.42. The Hall–Kier alpha value is -1.75. The molecule has 3 N–H and O–H groups in total. The Balaban J connectivity index is 1.99. The zero-order valence-corrected chi connectivity index (χ0v) is 11.4. The van der Waals surface area contributed by atoms with E-state index >= 15 is 0 Å². The summed E-state index contributed by atoms with van der Waals surface area (Å²) in [4.78, 5) is 12.0. The molecule has 0 heterocycles. The Labute approximate surface area is 113 Å². The van der Waals surface area contributed by atoms with E-state index in [0.717, 1.165) is 19.3 Å². The third-order valence-electron chi connectivity index (χ3n) is 3.70. The Kier molecular flexibility index (Phi) is 3.95. The van der Waals surface area contributed by atoms with E-state index in [1.807, 2.05) is 0 Å². The van der Waals surface area contributed by atoms with E-state index in [-0.39, 0.29) is 11.5 Å². The van der Waals surface area contributed by atoms with Crippen LogP contribution in [0.25, 0.3) is 0 Å². The molecule has 1 aliphatic rings. The highest BCUT2D eigenvalue weighted by molar-refractivity contribution is 5.92. The minimum Gasteiger partial charge on any atom is -0.495 e. The molecular weight excluding hydrogens is 244 g/mol. The molecule has 0 atom stereocenters. The normalized spacial score (nSPS) is 16.5. The molecule has 104 valence electrons. The van der Waals surface area contributed by atoms with E-state index in [0.29, 0.717) is 23.5 Å². The Morgan fingerprint density at radius 1 is 1.42 bits per heavy atom. The van der Waals surface area contributed by atoms with Gasteiger partial charge in [-0.1, -0.05) is 0 Å². The number of benzene rings is 1. The summed E-state index contributed by atoms with van der Waals surface area (Å²) in [5.74, 6) is 0.510. The van der Waals surface area contributed by atoms with Gasteiger partial charge < -0.3 is 20.5 Å². The van der Waals surface area contributed by atoms with Crippen LogP contribution in [0.15, 0.2) is 18.2 Å². The van der Waals surface area contributed by atoms with Crippen LogP contribution in [0.3, 0.4) is 0 Å². The molecular formula is C14H20N2O3. The fourth-order valence-electron chi connectivity index (χ4n) is 2.31. The third-order valence-corrected chi connectivity index (χ3v) is 3.70. The molecule has 0 radical (unpaired) electrons. The first-order valence-corrected chi connectivity index (χ1v) is 6.37. The molecule has 1 amide bonds. The molecule has 0 aromatic heterocycles. The SMILES string of the molecule is COc1cc(NC(=O)CC2(OC)CCC2)ccc1N. The Morgan fingerprint density at radius 2 is 2.16 bits per heavy atom. The number of ether oxygens (including phenoxy) is 2. The number of hydrogen-bond donors (Lipinski definition) is 2. The van der Waals surface area contributed by atoms with Gasteiger partial charge in [-0.3, -0.25) is 4.79 Å². The molecule has 2 rings (SSSR count). The third kappa shape index (κ3) is 2.98. The highest BCUT2D eigenvalue weighted by Crippen LogP contribution is 2.38. The van der Waals surface area contributed by atoms with Gasteiger partial charge in [0.1, 0.15) is 5.75 Å². The summed E-state index contributed by atoms with van der Waals surface area (Å²) in [5, 5.41) is 2.85. The standard InChI is InChI=1S/C14H20N2O3/c1-18-12-8-10(4-5-11(12)15)16-13(17)9-14(19-2)6-3-7-14/h4-5,8H,3,6-7,9,15H2,1-2H3,(H,16,17). The zero-order chi connectivity index (χ0) is 13.9. The quantitative estimate of drug-likeness (QED) is 0.799. The van der Waals surface area contributed by atoms with Gasteiger partial charge in [0, 0.05) is 18.9 Å². The van der Waals surface area contributed by atoms with Crippen LogP contribution < -0.4 is 15.8 Å². The minimum atomic E-state index is -0.262. The number of carbonyl (C=O) groups is 1. The molecule has 0 aliphatic heterocycles. The van der Waals surface area contributed by atoms with Gasteiger partial charge >= 0.3 is 0 Å². The van der Waals surface area contributed by atoms with Gasteiger partial charge in [-0.15, -0.1) is 0 Å². The first kappa shape index (κ1) is 13.7. The van der Waals surface area contributed by atoms with Crippen LogP contribution in [0, 0.1) is 0 Å². The van der Waals surface area contributed by atoms with Crippen molar-refractivity contribution >= 4 is 17.3 Å². The smallest absolute Gasteiger partial charge is 0.227 e. The van der Waals surface area contributed by atoms with E-state index in [9.17, 15) is 4.79 Å². The lowest BCUT2D eigenvalue weighted by Gasteiger charge is -2.39. The van der Waals surface area contributed by atoms with Gasteiger partial charge in [-0.25, -0.2) is 0 Å². The summed E-state index contributed by atoms with van der Waals surface area (Å²) >= 11 is 0. The van der Waals surface area contributed by atoms with Crippen molar-refractivity contribution in [3.63, 3.8) is 0 Å². The van der Waals surface area contributed by atoms with Crippen LogP contribution in [0.4, 0.5) is 11.4 Å². The van der Waals surface area contributed by atoms with Gasteiger partial charge in [-0.05, 0) is 31.4 Å². The number of rotatable bonds is 5. The summed E-state index contributed by atoms with van der Waals surface area (Å²) in [7, 11) is 3.21. The monoisotopic (exact) mass is 264 g/mol. The molecule has 0 bridgehead atoms. The van der Waals surface area contributed by atoms with Crippen LogP contribution in [0.1, 0.15) is 25.7 Å². The predicted molar refractivity (Wildman–Crippen MR) is 74.2 cm³/mol. The maximum Gasteiger partial charge on any atom is 0.227 e. The number of anilines is 2. The summed E-state index contributed by atoms with van der Waals surface area (Å²) in [5.41, 5.74) is 6.70. The van der Waals surface area contributed by atoms with E-state index in [1.165, 1.54) is 0 Å². The van der Waals surface area contributed by atoms with Gasteiger partial charge in [0.15, 0.2) is 0 Å². The number of nitrogens with one attached hydrogen (secondary N) is 1. The molecule has 5 nitrogen and oxygen atoms in total. The largest absolute Gasteiger partial charge is 0.495 e. The van der Waals surface area contributed by atoms with Crippen molar-refractivity contribution in [3.05, 3.63) is 18.2 Å². The lowest BCUT2D eigenvalue weighted by atomic mass is 9.77. The van der Waals surface area contributed by atoms with Crippen molar-refractivity contribution < 1.29 is 14.3 Å². The molecule has 19 heavy (non-hydrogen) atoms. The number of nitrogens with two attached hydrogens (primary N) is 1. The molecule has 0 unspecified atom stereocenters. The van der Waals surface area contributed by atoms with Crippen molar-refractivity contribution in [1.29, 1.82) is 0 Å². The molecule has 0 spiro atoms. The van der Waals surface area contributed by atoms with Gasteiger partial charge in [0.2, 0.25) is 5.91 Å². The predicted octanol–water partition coefficient (Wildman–Crippen LogP) is 2.18. The molecule has 0 saturated heterocycles. The molecule has 5 heteroatoms. The molecule has 1 aromatic rings. The van der Waals surface area contributed by atoms with Crippen molar-refractivity contribution in [2.45, 2.75) is 31.3 Å². The van der Waals surface area contributed by atoms with Crippen LogP contribution >= 0.6 is 0 Å². The first-order chi connectivity index (χ1) is 9.08. The number of carbonyl (C=O) groups excluding carboxylic acids is 1. The average Bonchev–Trinajstić information content (AvgIpc) is 2.36. The van der Waals surface area contributed by atoms with Crippen molar-refractivity contribution in [2.24, 2.45) is 0 Å². The van der Waals surface area contributed by atoms with Crippen LogP contribution in [0.5, 0.6) is 5.75 Å². The van der Waals surface area contributed by atoms with Gasteiger partial charge in [-0.2, -0.15) is 0 Å². The fourth-order valence-corrected chi connectivity index (χ4v) is 2.31. The highest BCUT2D eigenvalue weighted by atomic mass is 16.5. The maximum atomic E-state index is 12.0. The van der Waals surface area contributed by atoms with Crippen LogP contribution in [-0.4, -0.2) is 25.7 Å². The second-order valence-electron chi connectivity index (χ2n) is 4.92. The number of amides is 1. The molecule has 1 fully saturated rings. The molecule has 1 saturated carbocycles. The first-order valence-electron chi connectivity index (χ1n) is 6.37. The van der Waals surface area contributed by atoms with Gasteiger partial charge in [0.25, 0.3) is 0 Å². The Morgan fingerprint density at radius 3 is 2.68 bits per heavy atom. The average molecular weight is 264 g/mol. The number of hydrogen-bond acceptors (Lipinski definition) is 4. The van der Waals surface area contributed by atoms with E-state index < -0.39 is 0 Å². The summed E-state index contributed by atoms with van der Waals surface area (Å²) in [6.45, 7) is 0. The fraction of sp³-hybridized carbons (Fsp3) is 0.500. The molecule has 1 aromatic carbocycles. The maximum absolute atomic E-state index is 12.0.